The van der Waals surface area contributed by atoms with E-state index < -0.39 is 10.0 Å². The molecule has 0 aromatic heterocycles. The fourth-order valence-electron chi connectivity index (χ4n) is 4.07. The van der Waals surface area contributed by atoms with Crippen LogP contribution in [0.25, 0.3) is 0 Å². The lowest BCUT2D eigenvalue weighted by atomic mass is 9.87. The van der Waals surface area contributed by atoms with Crippen molar-refractivity contribution in [1.29, 1.82) is 0 Å². The van der Waals surface area contributed by atoms with Crippen molar-refractivity contribution in [2.45, 2.75) is 64.2 Å². The molecule has 2 aliphatic rings. The maximum Gasteiger partial charge on any atom is 0.225 e. The predicted molar refractivity (Wildman–Crippen MR) is 91.4 cm³/mol. The van der Waals surface area contributed by atoms with Gasteiger partial charge in [0.1, 0.15) is 0 Å². The molecule has 0 aromatic carbocycles. The van der Waals surface area contributed by atoms with Crippen molar-refractivity contribution in [2.24, 2.45) is 11.8 Å². The summed E-state index contributed by atoms with van der Waals surface area (Å²) < 4.78 is 26.2. The van der Waals surface area contributed by atoms with Gasteiger partial charge in [0.2, 0.25) is 10.0 Å². The molecule has 0 atom stereocenters. The van der Waals surface area contributed by atoms with Gasteiger partial charge in [-0.15, -0.1) is 4.72 Å². The average molecular weight is 330 g/mol. The quantitative estimate of drug-likeness (QED) is 0.688. The SMILES string of the molecule is CS(=O)(=O)[N]CCN(CC1CCCCC1)CC1CCCCC1. The van der Waals surface area contributed by atoms with Crippen LogP contribution in [0, 0.1) is 11.8 Å². The van der Waals surface area contributed by atoms with Crippen molar-refractivity contribution in [3.63, 3.8) is 0 Å². The molecule has 0 amide bonds. The van der Waals surface area contributed by atoms with Crippen molar-refractivity contribution in [1.82, 2.24) is 9.62 Å². The van der Waals surface area contributed by atoms with Crippen LogP contribution in [0.5, 0.6) is 0 Å². The third kappa shape index (κ3) is 7.42. The Morgan fingerprint density at radius 1 is 0.864 bits per heavy atom. The third-order valence-corrected chi connectivity index (χ3v) is 5.88. The highest BCUT2D eigenvalue weighted by Gasteiger charge is 2.21. The van der Waals surface area contributed by atoms with E-state index in [9.17, 15) is 8.42 Å². The van der Waals surface area contributed by atoms with E-state index in [0.717, 1.165) is 31.5 Å². The summed E-state index contributed by atoms with van der Waals surface area (Å²) in [5.74, 6) is 1.63. The molecule has 0 unspecified atom stereocenters. The molecule has 4 nitrogen and oxygen atoms in total. The zero-order chi connectivity index (χ0) is 15.8. The molecular formula is C17H33N2O2S. The summed E-state index contributed by atoms with van der Waals surface area (Å²) in [6.45, 7) is 3.53. The van der Waals surface area contributed by atoms with Crippen LogP contribution in [0.4, 0.5) is 0 Å². The molecule has 0 N–H and O–H groups in total. The summed E-state index contributed by atoms with van der Waals surface area (Å²) in [5.41, 5.74) is 0. The molecule has 0 spiro atoms. The molecule has 2 aliphatic carbocycles. The number of nitrogens with zero attached hydrogens (tertiary/aromatic N) is 2. The van der Waals surface area contributed by atoms with Gasteiger partial charge < -0.3 is 4.90 Å². The molecule has 0 bridgehead atoms. The van der Waals surface area contributed by atoms with E-state index in [0.29, 0.717) is 6.54 Å². The van der Waals surface area contributed by atoms with Gasteiger partial charge in [0.05, 0.1) is 6.26 Å². The largest absolute Gasteiger partial charge is 0.301 e. The Bertz CT molecular complexity index is 379. The van der Waals surface area contributed by atoms with Gasteiger partial charge in [0, 0.05) is 26.2 Å². The first-order valence-corrected chi connectivity index (χ1v) is 11.0. The third-order valence-electron chi connectivity index (χ3n) is 5.22. The summed E-state index contributed by atoms with van der Waals surface area (Å²) in [6, 6.07) is 0. The minimum atomic E-state index is -3.19. The molecule has 2 fully saturated rings. The summed E-state index contributed by atoms with van der Waals surface area (Å²) >= 11 is 0. The lowest BCUT2D eigenvalue weighted by molar-refractivity contribution is 0.162. The lowest BCUT2D eigenvalue weighted by Crippen LogP contribution is -2.39. The van der Waals surface area contributed by atoms with Crippen LogP contribution < -0.4 is 4.72 Å². The summed E-state index contributed by atoms with van der Waals surface area (Å²) in [4.78, 5) is 2.51. The van der Waals surface area contributed by atoms with Gasteiger partial charge in [0.25, 0.3) is 0 Å². The van der Waals surface area contributed by atoms with Crippen LogP contribution in [0.1, 0.15) is 64.2 Å². The topological polar surface area (TPSA) is 51.5 Å². The highest BCUT2D eigenvalue weighted by atomic mass is 32.2. The van der Waals surface area contributed by atoms with Crippen LogP contribution in [-0.2, 0) is 10.0 Å². The fraction of sp³-hybridized carbons (Fsp3) is 1.00. The summed E-state index contributed by atoms with van der Waals surface area (Å²) in [5, 5.41) is 0. The molecule has 0 heterocycles. The summed E-state index contributed by atoms with van der Waals surface area (Å²) in [6.07, 6.45) is 14.9. The maximum absolute atomic E-state index is 11.2. The van der Waals surface area contributed by atoms with Gasteiger partial charge in [-0.2, -0.15) is 0 Å². The Labute approximate surface area is 137 Å². The number of hydrogen-bond acceptors (Lipinski definition) is 3. The van der Waals surface area contributed by atoms with Crippen molar-refractivity contribution >= 4 is 10.0 Å². The van der Waals surface area contributed by atoms with Gasteiger partial charge in [-0.1, -0.05) is 38.5 Å². The van der Waals surface area contributed by atoms with E-state index >= 15 is 0 Å². The van der Waals surface area contributed by atoms with E-state index in [1.165, 1.54) is 70.5 Å². The molecular weight excluding hydrogens is 296 g/mol. The maximum atomic E-state index is 11.2. The van der Waals surface area contributed by atoms with Crippen molar-refractivity contribution in [3.05, 3.63) is 0 Å². The van der Waals surface area contributed by atoms with Crippen LogP contribution in [0.15, 0.2) is 0 Å². The normalized spacial score (nSPS) is 22.3. The smallest absolute Gasteiger partial charge is 0.225 e. The molecule has 0 aliphatic heterocycles. The summed E-state index contributed by atoms with van der Waals surface area (Å²) in [7, 11) is -3.19. The molecule has 129 valence electrons. The molecule has 22 heavy (non-hydrogen) atoms. The number of hydrogen-bond donors (Lipinski definition) is 0. The molecule has 2 rings (SSSR count). The first kappa shape index (κ1) is 18.2. The van der Waals surface area contributed by atoms with Crippen LogP contribution in [0.3, 0.4) is 0 Å². The van der Waals surface area contributed by atoms with Crippen LogP contribution >= 0.6 is 0 Å². The first-order chi connectivity index (χ1) is 10.5. The van der Waals surface area contributed by atoms with E-state index in [1.807, 2.05) is 0 Å². The van der Waals surface area contributed by atoms with Crippen molar-refractivity contribution < 1.29 is 8.42 Å². The minimum Gasteiger partial charge on any atom is -0.301 e. The second-order valence-corrected chi connectivity index (χ2v) is 9.08. The molecule has 5 heteroatoms. The zero-order valence-corrected chi connectivity index (χ0v) is 15.0. The molecule has 1 radical (unpaired) electrons. The second-order valence-electron chi connectivity index (χ2n) is 7.35. The van der Waals surface area contributed by atoms with Crippen LogP contribution in [0.2, 0.25) is 0 Å². The van der Waals surface area contributed by atoms with Gasteiger partial charge in [-0.25, -0.2) is 8.42 Å². The number of rotatable bonds is 8. The van der Waals surface area contributed by atoms with E-state index in [4.69, 9.17) is 0 Å². The Morgan fingerprint density at radius 2 is 1.32 bits per heavy atom. The van der Waals surface area contributed by atoms with E-state index in [-0.39, 0.29) is 0 Å². The van der Waals surface area contributed by atoms with Crippen molar-refractivity contribution in [3.8, 4) is 0 Å². The average Bonchev–Trinajstić information content (AvgIpc) is 2.48. The fourth-order valence-corrected chi connectivity index (χ4v) is 4.49. The Balaban J connectivity index is 1.81. The second kappa shape index (κ2) is 9.24. The minimum absolute atomic E-state index is 0.429. The lowest BCUT2D eigenvalue weighted by Gasteiger charge is -2.33. The Kier molecular flexibility index (Phi) is 7.65. The Morgan fingerprint density at radius 3 is 1.73 bits per heavy atom. The zero-order valence-electron chi connectivity index (χ0n) is 14.2. The Hall–Kier alpha value is -0.130. The molecule has 0 aromatic rings. The van der Waals surface area contributed by atoms with E-state index in [1.54, 1.807) is 0 Å². The van der Waals surface area contributed by atoms with Crippen LogP contribution in [-0.4, -0.2) is 45.8 Å². The molecule has 2 saturated carbocycles. The number of sulfonamides is 1. The first-order valence-electron chi connectivity index (χ1n) is 9.14. The van der Waals surface area contributed by atoms with Gasteiger partial charge in [0.15, 0.2) is 0 Å². The highest BCUT2D eigenvalue weighted by molar-refractivity contribution is 7.88. The van der Waals surface area contributed by atoms with E-state index in [2.05, 4.69) is 9.62 Å². The monoisotopic (exact) mass is 329 g/mol. The van der Waals surface area contributed by atoms with Gasteiger partial charge in [-0.3, -0.25) is 0 Å². The van der Waals surface area contributed by atoms with Gasteiger partial charge >= 0.3 is 0 Å². The highest BCUT2D eigenvalue weighted by Crippen LogP contribution is 2.27. The van der Waals surface area contributed by atoms with Gasteiger partial charge in [-0.05, 0) is 37.5 Å². The molecule has 0 saturated heterocycles. The predicted octanol–water partition coefficient (Wildman–Crippen LogP) is 3.01. The standard InChI is InChI=1S/C17H33N2O2S/c1-22(20,21)18-12-13-19(14-16-8-4-2-5-9-16)15-17-10-6-3-7-11-17/h16-17H,2-15H2,1H3. The van der Waals surface area contributed by atoms with Crippen molar-refractivity contribution in [2.75, 3.05) is 32.4 Å².